The molecule has 1 N–H and O–H groups in total. The predicted octanol–water partition coefficient (Wildman–Crippen LogP) is 5.95. The average Bonchev–Trinajstić information content (AvgIpc) is 3.28. The Bertz CT molecular complexity index is 652. The van der Waals surface area contributed by atoms with Crippen LogP contribution in [0.25, 0.3) is 0 Å². The fraction of sp³-hybridized carbons (Fsp3) is 0.962. The Morgan fingerprint density at radius 2 is 1.65 bits per heavy atom. The van der Waals surface area contributed by atoms with Crippen LogP contribution in [-0.4, -0.2) is 45.1 Å². The van der Waals surface area contributed by atoms with E-state index in [0.717, 1.165) is 45.3 Å². The summed E-state index contributed by atoms with van der Waals surface area (Å²) in [6, 6.07) is 0. The molecule has 4 fully saturated rings. The van der Waals surface area contributed by atoms with Crippen molar-refractivity contribution in [1.29, 1.82) is 0 Å². The van der Waals surface area contributed by atoms with Crippen LogP contribution in [0.3, 0.4) is 0 Å². The molecule has 0 aromatic rings. The lowest BCUT2D eigenvalue weighted by atomic mass is 9.53. The first kappa shape index (κ1) is 24.2. The van der Waals surface area contributed by atoms with Crippen molar-refractivity contribution in [1.82, 2.24) is 0 Å². The first-order valence-corrected chi connectivity index (χ1v) is 15.7. The number of ether oxygens (including phenoxy) is 2. The highest BCUT2D eigenvalue weighted by atomic mass is 28.4. The SMILES string of the molecule is CC(C)(C)[Si](C)(C)O[C@H]1CC[C@](C)(C2[CH]C3CCC4(OCCO4)[C@@]3(C)CC2)[C@@H](CO)C1. The van der Waals surface area contributed by atoms with Crippen LogP contribution in [0.1, 0.15) is 79.6 Å². The zero-order valence-corrected chi connectivity index (χ0v) is 22.1. The largest absolute Gasteiger partial charge is 0.414 e. The molecule has 4 nitrogen and oxygen atoms in total. The van der Waals surface area contributed by atoms with Crippen LogP contribution in [0.2, 0.25) is 18.1 Å². The van der Waals surface area contributed by atoms with Gasteiger partial charge in [0, 0.05) is 24.5 Å². The van der Waals surface area contributed by atoms with E-state index in [1.54, 1.807) is 0 Å². The van der Waals surface area contributed by atoms with E-state index in [2.05, 4.69) is 54.1 Å². The second-order valence-corrected chi connectivity index (χ2v) is 17.8. The number of aliphatic hydroxyl groups excluding tert-OH is 1. The molecular formula is C26H47O4Si. The molecule has 0 amide bonds. The third-order valence-corrected chi connectivity index (χ3v) is 15.0. The first-order chi connectivity index (χ1) is 14.4. The summed E-state index contributed by atoms with van der Waals surface area (Å²) < 4.78 is 19.2. The van der Waals surface area contributed by atoms with Crippen LogP contribution in [0, 0.1) is 35.0 Å². The van der Waals surface area contributed by atoms with Crippen LogP contribution in [0.4, 0.5) is 0 Å². The Kier molecular flexibility index (Phi) is 6.30. The van der Waals surface area contributed by atoms with Gasteiger partial charge in [-0.2, -0.15) is 0 Å². The van der Waals surface area contributed by atoms with Gasteiger partial charge >= 0.3 is 0 Å². The van der Waals surface area contributed by atoms with Gasteiger partial charge in [0.15, 0.2) is 14.1 Å². The maximum Gasteiger partial charge on any atom is 0.192 e. The van der Waals surface area contributed by atoms with Crippen LogP contribution in [0.15, 0.2) is 0 Å². The second kappa shape index (κ2) is 8.08. The predicted molar refractivity (Wildman–Crippen MR) is 127 cm³/mol. The Morgan fingerprint density at radius 3 is 2.26 bits per heavy atom. The third-order valence-electron chi connectivity index (χ3n) is 10.5. The van der Waals surface area contributed by atoms with Crippen molar-refractivity contribution in [3.8, 4) is 0 Å². The molecule has 4 rings (SSSR count). The molecule has 0 bridgehead atoms. The maximum atomic E-state index is 10.4. The lowest BCUT2D eigenvalue weighted by Gasteiger charge is -2.55. The number of rotatable bonds is 4. The molecule has 3 aliphatic carbocycles. The van der Waals surface area contributed by atoms with Gasteiger partial charge < -0.3 is 19.0 Å². The van der Waals surface area contributed by atoms with E-state index in [9.17, 15) is 5.11 Å². The van der Waals surface area contributed by atoms with E-state index in [-0.39, 0.29) is 28.3 Å². The quantitative estimate of drug-likeness (QED) is 0.537. The van der Waals surface area contributed by atoms with E-state index in [4.69, 9.17) is 13.9 Å². The molecule has 4 aliphatic rings. The summed E-state index contributed by atoms with van der Waals surface area (Å²) in [6.07, 6.45) is 10.8. The van der Waals surface area contributed by atoms with Gasteiger partial charge in [-0.3, -0.25) is 0 Å². The lowest BCUT2D eigenvalue weighted by Crippen LogP contribution is -2.53. The molecule has 1 aliphatic heterocycles. The zero-order valence-electron chi connectivity index (χ0n) is 21.1. The van der Waals surface area contributed by atoms with Crippen LogP contribution >= 0.6 is 0 Å². The van der Waals surface area contributed by atoms with Gasteiger partial charge in [-0.05, 0) is 86.2 Å². The van der Waals surface area contributed by atoms with E-state index in [1.165, 1.54) is 12.8 Å². The van der Waals surface area contributed by atoms with Gasteiger partial charge in [-0.25, -0.2) is 0 Å². The number of aliphatic hydroxyl groups is 1. The molecule has 1 heterocycles. The first-order valence-electron chi connectivity index (χ1n) is 12.8. The minimum absolute atomic E-state index is 0.105. The topological polar surface area (TPSA) is 47.9 Å². The van der Waals surface area contributed by atoms with Crippen LogP contribution in [0.5, 0.6) is 0 Å². The summed E-state index contributed by atoms with van der Waals surface area (Å²) in [5.74, 6) is 1.09. The lowest BCUT2D eigenvalue weighted by molar-refractivity contribution is -0.231. The zero-order chi connectivity index (χ0) is 22.7. The molecule has 1 radical (unpaired) electrons. The molecule has 0 aromatic carbocycles. The minimum atomic E-state index is -1.78. The highest BCUT2D eigenvalue weighted by Crippen LogP contribution is 2.64. The number of hydrogen-bond acceptors (Lipinski definition) is 4. The molecule has 179 valence electrons. The van der Waals surface area contributed by atoms with Crippen molar-refractivity contribution in [2.45, 2.75) is 110 Å². The number of fused-ring (bicyclic) bond motifs is 2. The molecule has 5 heteroatoms. The normalized spacial score (nSPS) is 43.4. The molecular weight excluding hydrogens is 404 g/mol. The monoisotopic (exact) mass is 451 g/mol. The minimum Gasteiger partial charge on any atom is -0.414 e. The third kappa shape index (κ3) is 3.88. The fourth-order valence-electron chi connectivity index (χ4n) is 7.08. The summed E-state index contributed by atoms with van der Waals surface area (Å²) >= 11 is 0. The average molecular weight is 452 g/mol. The van der Waals surface area contributed by atoms with Crippen molar-refractivity contribution in [2.24, 2.45) is 28.6 Å². The highest BCUT2D eigenvalue weighted by molar-refractivity contribution is 6.74. The van der Waals surface area contributed by atoms with E-state index in [1.807, 2.05) is 0 Å². The Balaban J connectivity index is 1.44. The molecule has 1 spiro atoms. The molecule has 3 saturated carbocycles. The molecule has 1 saturated heterocycles. The highest BCUT2D eigenvalue weighted by Gasteiger charge is 2.63. The number of hydrogen-bond donors (Lipinski definition) is 1. The molecule has 6 atom stereocenters. The molecule has 2 unspecified atom stereocenters. The van der Waals surface area contributed by atoms with Crippen LogP contribution in [-0.2, 0) is 13.9 Å². The van der Waals surface area contributed by atoms with Crippen molar-refractivity contribution in [2.75, 3.05) is 19.8 Å². The van der Waals surface area contributed by atoms with Crippen molar-refractivity contribution < 1.29 is 19.0 Å². The van der Waals surface area contributed by atoms with E-state index in [0.29, 0.717) is 23.9 Å². The van der Waals surface area contributed by atoms with Gasteiger partial charge in [-0.15, -0.1) is 0 Å². The smallest absolute Gasteiger partial charge is 0.192 e. The summed E-state index contributed by atoms with van der Waals surface area (Å²) in [4.78, 5) is 0. The van der Waals surface area contributed by atoms with Gasteiger partial charge in [0.25, 0.3) is 0 Å². The van der Waals surface area contributed by atoms with Crippen molar-refractivity contribution in [3.63, 3.8) is 0 Å². The molecule has 31 heavy (non-hydrogen) atoms. The summed E-state index contributed by atoms with van der Waals surface area (Å²) in [5.41, 5.74) is 0.268. The van der Waals surface area contributed by atoms with Gasteiger partial charge in [0.1, 0.15) is 0 Å². The maximum absolute atomic E-state index is 10.4. The summed E-state index contributed by atoms with van der Waals surface area (Å²) in [7, 11) is -1.78. The molecule has 0 aromatic heterocycles. The summed E-state index contributed by atoms with van der Waals surface area (Å²) in [5, 5.41) is 10.7. The standard InChI is InChI=1S/C26H47O4Si/c1-23(2,3)31(6,7)30-22-10-11-24(4,21(17-22)18-27)19-8-12-25(5)20(16-19)9-13-26(25)28-14-15-29-26/h16,19-22,27H,8-15,17-18H2,1-7H3/t19?,20?,21-,22+,24-,25+/m1/s1. The van der Waals surface area contributed by atoms with Gasteiger partial charge in [0.05, 0.1) is 13.2 Å². The van der Waals surface area contributed by atoms with E-state index >= 15 is 0 Å². The second-order valence-electron chi connectivity index (χ2n) is 13.0. The Hall–Kier alpha value is 0.0569. The van der Waals surface area contributed by atoms with Crippen molar-refractivity contribution in [3.05, 3.63) is 6.42 Å². The Morgan fingerprint density at radius 1 is 1.00 bits per heavy atom. The van der Waals surface area contributed by atoms with Crippen molar-refractivity contribution >= 4 is 8.32 Å². The summed E-state index contributed by atoms with van der Waals surface area (Å²) in [6.45, 7) is 18.3. The Labute approximate surface area is 191 Å². The van der Waals surface area contributed by atoms with Gasteiger partial charge in [-0.1, -0.05) is 34.6 Å². The fourth-order valence-corrected chi connectivity index (χ4v) is 8.48. The van der Waals surface area contributed by atoms with E-state index < -0.39 is 8.32 Å². The van der Waals surface area contributed by atoms with Gasteiger partial charge in [0.2, 0.25) is 0 Å². The van der Waals surface area contributed by atoms with Crippen LogP contribution < -0.4 is 0 Å².